The first-order chi connectivity index (χ1) is 10.9. The summed E-state index contributed by atoms with van der Waals surface area (Å²) in [6.45, 7) is 13.4. The first kappa shape index (κ1) is 20.3. The summed E-state index contributed by atoms with van der Waals surface area (Å²) >= 11 is 0. The van der Waals surface area contributed by atoms with E-state index in [1.807, 2.05) is 20.8 Å². The number of carbonyl (C=O) groups excluding carboxylic acids is 2. The molecular formula is C17H31N3O4. The summed E-state index contributed by atoms with van der Waals surface area (Å²) < 4.78 is 0. The van der Waals surface area contributed by atoms with Gasteiger partial charge in [0.05, 0.1) is 0 Å². The third-order valence-electron chi connectivity index (χ3n) is 4.51. The number of amides is 3. The second kappa shape index (κ2) is 7.40. The summed E-state index contributed by atoms with van der Waals surface area (Å²) in [5.41, 5.74) is -0.666. The molecule has 0 aromatic carbocycles. The van der Waals surface area contributed by atoms with Gasteiger partial charge in [0, 0.05) is 37.6 Å². The first-order valence-electron chi connectivity index (χ1n) is 8.51. The van der Waals surface area contributed by atoms with Gasteiger partial charge in [-0.15, -0.1) is 0 Å². The molecule has 0 saturated carbocycles. The minimum atomic E-state index is -1.09. The van der Waals surface area contributed by atoms with E-state index in [4.69, 9.17) is 0 Å². The van der Waals surface area contributed by atoms with Crippen molar-refractivity contribution in [2.24, 2.45) is 0 Å². The van der Waals surface area contributed by atoms with Crippen molar-refractivity contribution in [3.05, 3.63) is 0 Å². The van der Waals surface area contributed by atoms with Crippen molar-refractivity contribution < 1.29 is 19.5 Å². The van der Waals surface area contributed by atoms with Crippen molar-refractivity contribution in [2.75, 3.05) is 13.1 Å². The Labute approximate surface area is 144 Å². The van der Waals surface area contributed by atoms with Crippen molar-refractivity contribution in [3.8, 4) is 0 Å². The highest BCUT2D eigenvalue weighted by atomic mass is 16.4. The molecule has 1 aliphatic heterocycles. The van der Waals surface area contributed by atoms with Crippen LogP contribution in [0, 0.1) is 0 Å². The highest BCUT2D eigenvalue weighted by molar-refractivity contribution is 5.86. The zero-order valence-electron chi connectivity index (χ0n) is 15.9. The molecule has 1 heterocycles. The van der Waals surface area contributed by atoms with Gasteiger partial charge in [0.25, 0.3) is 0 Å². The maximum Gasteiger partial charge on any atom is 0.408 e. The lowest BCUT2D eigenvalue weighted by molar-refractivity contribution is -0.148. The van der Waals surface area contributed by atoms with E-state index >= 15 is 0 Å². The number of hydrogen-bond donors (Lipinski definition) is 1. The summed E-state index contributed by atoms with van der Waals surface area (Å²) in [6, 6.07) is -0.882. The topological polar surface area (TPSA) is 81.2 Å². The van der Waals surface area contributed by atoms with Crippen LogP contribution in [0.5, 0.6) is 0 Å². The predicted molar refractivity (Wildman–Crippen MR) is 91.7 cm³/mol. The van der Waals surface area contributed by atoms with Crippen LogP contribution in [0.2, 0.25) is 0 Å². The van der Waals surface area contributed by atoms with Crippen molar-refractivity contribution in [1.82, 2.24) is 14.7 Å². The summed E-state index contributed by atoms with van der Waals surface area (Å²) in [5, 5.41) is 9.58. The average Bonchev–Trinajstić information content (AvgIpc) is 2.40. The van der Waals surface area contributed by atoms with Crippen LogP contribution in [0.15, 0.2) is 0 Å². The van der Waals surface area contributed by atoms with Gasteiger partial charge < -0.3 is 14.9 Å². The molecule has 7 nitrogen and oxygen atoms in total. The summed E-state index contributed by atoms with van der Waals surface area (Å²) in [4.78, 5) is 41.2. The molecule has 138 valence electrons. The maximum atomic E-state index is 13.0. The second-order valence-corrected chi connectivity index (χ2v) is 7.61. The zero-order valence-corrected chi connectivity index (χ0v) is 15.9. The van der Waals surface area contributed by atoms with E-state index in [1.165, 1.54) is 11.8 Å². The molecule has 1 aliphatic rings. The van der Waals surface area contributed by atoms with Gasteiger partial charge in [-0.25, -0.2) is 4.79 Å². The maximum absolute atomic E-state index is 13.0. The highest BCUT2D eigenvalue weighted by Gasteiger charge is 2.41. The molecule has 24 heavy (non-hydrogen) atoms. The Morgan fingerprint density at radius 1 is 1.17 bits per heavy atom. The molecule has 1 rings (SSSR count). The number of rotatable bonds is 3. The van der Waals surface area contributed by atoms with Gasteiger partial charge >= 0.3 is 6.09 Å². The van der Waals surface area contributed by atoms with Crippen molar-refractivity contribution in [1.29, 1.82) is 0 Å². The van der Waals surface area contributed by atoms with Gasteiger partial charge in [0.15, 0.2) is 0 Å². The van der Waals surface area contributed by atoms with Crippen molar-refractivity contribution >= 4 is 17.9 Å². The largest absolute Gasteiger partial charge is 0.465 e. The molecule has 0 bridgehead atoms. The molecule has 0 aromatic rings. The molecule has 1 saturated heterocycles. The predicted octanol–water partition coefficient (Wildman–Crippen LogP) is 2.01. The number of hydrogen-bond acceptors (Lipinski definition) is 3. The van der Waals surface area contributed by atoms with E-state index < -0.39 is 17.7 Å². The molecule has 1 fully saturated rings. The fraction of sp³-hybridized carbons (Fsp3) is 0.824. The second-order valence-electron chi connectivity index (χ2n) is 7.61. The molecule has 3 unspecified atom stereocenters. The van der Waals surface area contributed by atoms with Gasteiger partial charge in [0.1, 0.15) is 6.04 Å². The first-order valence-corrected chi connectivity index (χ1v) is 8.51. The lowest BCUT2D eigenvalue weighted by Crippen LogP contribution is -2.63. The molecule has 3 amide bonds. The van der Waals surface area contributed by atoms with Gasteiger partial charge in [-0.3, -0.25) is 14.5 Å². The molecule has 0 aromatic heterocycles. The Bertz CT molecular complexity index is 489. The molecular weight excluding hydrogens is 310 g/mol. The van der Waals surface area contributed by atoms with E-state index in [-0.39, 0.29) is 23.9 Å². The number of carbonyl (C=O) groups is 3. The van der Waals surface area contributed by atoms with Crippen molar-refractivity contribution in [3.63, 3.8) is 0 Å². The third-order valence-corrected chi connectivity index (χ3v) is 4.51. The van der Waals surface area contributed by atoms with Gasteiger partial charge in [-0.2, -0.15) is 0 Å². The lowest BCUT2D eigenvalue weighted by atomic mass is 10.00. The van der Waals surface area contributed by atoms with Crippen LogP contribution >= 0.6 is 0 Å². The molecule has 7 heteroatoms. The lowest BCUT2D eigenvalue weighted by Gasteiger charge is -2.46. The Kier molecular flexibility index (Phi) is 6.25. The quantitative estimate of drug-likeness (QED) is 0.851. The highest BCUT2D eigenvalue weighted by Crippen LogP contribution is 2.23. The average molecular weight is 341 g/mol. The van der Waals surface area contributed by atoms with Crippen LogP contribution in [-0.2, 0) is 9.59 Å². The monoisotopic (exact) mass is 341 g/mol. The minimum Gasteiger partial charge on any atom is -0.465 e. The Morgan fingerprint density at radius 2 is 1.62 bits per heavy atom. The van der Waals surface area contributed by atoms with E-state index in [0.717, 1.165) is 0 Å². The van der Waals surface area contributed by atoms with Gasteiger partial charge in [-0.1, -0.05) is 6.92 Å². The number of carboxylic acid groups (broad SMARTS) is 1. The fourth-order valence-electron chi connectivity index (χ4n) is 3.69. The van der Waals surface area contributed by atoms with E-state index in [9.17, 15) is 19.5 Å². The standard InChI is InChI=1S/C17H31N3O4/c1-8-14(20(16(23)24)17(5,6)7)15(22)18-9-11(2)19(13(4)21)12(3)10-18/h11-12,14H,8-10H2,1-7H3,(H,23,24). The van der Waals surface area contributed by atoms with Gasteiger partial charge in [0.2, 0.25) is 11.8 Å². The van der Waals surface area contributed by atoms with Crippen LogP contribution in [0.25, 0.3) is 0 Å². The molecule has 1 N–H and O–H groups in total. The smallest absolute Gasteiger partial charge is 0.408 e. The summed E-state index contributed by atoms with van der Waals surface area (Å²) in [5.74, 6) is -0.187. The van der Waals surface area contributed by atoms with Crippen LogP contribution in [0.3, 0.4) is 0 Å². The normalized spacial score (nSPS) is 23.0. The van der Waals surface area contributed by atoms with Crippen LogP contribution < -0.4 is 0 Å². The molecule has 0 radical (unpaired) electrons. The molecule has 0 aliphatic carbocycles. The zero-order chi connectivity index (χ0) is 18.8. The fourth-order valence-corrected chi connectivity index (χ4v) is 3.69. The molecule has 3 atom stereocenters. The van der Waals surface area contributed by atoms with Gasteiger partial charge in [-0.05, 0) is 41.0 Å². The SMILES string of the molecule is CCC(C(=O)N1CC(C)N(C(C)=O)C(C)C1)N(C(=O)O)C(C)(C)C. The van der Waals surface area contributed by atoms with Crippen LogP contribution in [0.4, 0.5) is 4.79 Å². The minimum absolute atomic E-state index is 0.00371. The summed E-state index contributed by atoms with van der Waals surface area (Å²) in [6.07, 6.45) is -0.677. The number of piperazine rings is 1. The van der Waals surface area contributed by atoms with Crippen LogP contribution in [0.1, 0.15) is 54.9 Å². The Morgan fingerprint density at radius 3 is 1.92 bits per heavy atom. The third kappa shape index (κ3) is 4.19. The summed E-state index contributed by atoms with van der Waals surface area (Å²) in [7, 11) is 0. The van der Waals surface area contributed by atoms with Crippen molar-refractivity contribution in [2.45, 2.75) is 78.6 Å². The van der Waals surface area contributed by atoms with Crippen LogP contribution in [-0.4, -0.2) is 74.5 Å². The van der Waals surface area contributed by atoms with E-state index in [0.29, 0.717) is 19.5 Å². The Hall–Kier alpha value is -1.79. The van der Waals surface area contributed by atoms with E-state index in [2.05, 4.69) is 0 Å². The number of nitrogens with zero attached hydrogens (tertiary/aromatic N) is 3. The Balaban J connectivity index is 3.02. The molecule has 0 spiro atoms. The van der Waals surface area contributed by atoms with E-state index in [1.54, 1.807) is 30.6 Å².